The Bertz CT molecular complexity index is 446. The SMILES string of the molecule is NC(=O)CN1CCCC(C(=O)NCCn2cccn2)C1. The van der Waals surface area contributed by atoms with Gasteiger partial charge in [0.05, 0.1) is 19.0 Å². The number of nitrogens with two attached hydrogens (primary N) is 1. The first-order valence-electron chi connectivity index (χ1n) is 6.91. The molecule has 1 aliphatic rings. The van der Waals surface area contributed by atoms with Gasteiger partial charge in [-0.15, -0.1) is 0 Å². The summed E-state index contributed by atoms with van der Waals surface area (Å²) in [5.74, 6) is -0.350. The zero-order valence-electron chi connectivity index (χ0n) is 11.5. The van der Waals surface area contributed by atoms with E-state index in [0.29, 0.717) is 19.6 Å². The van der Waals surface area contributed by atoms with Crippen LogP contribution < -0.4 is 11.1 Å². The molecule has 7 heteroatoms. The minimum atomic E-state index is -0.343. The van der Waals surface area contributed by atoms with Crippen LogP contribution in [-0.4, -0.2) is 52.7 Å². The molecule has 1 aromatic heterocycles. The van der Waals surface area contributed by atoms with Crippen molar-refractivity contribution in [2.45, 2.75) is 19.4 Å². The van der Waals surface area contributed by atoms with Crippen LogP contribution in [0.2, 0.25) is 0 Å². The van der Waals surface area contributed by atoms with Gasteiger partial charge in [0.1, 0.15) is 0 Å². The third-order valence-electron chi connectivity index (χ3n) is 3.46. The Hall–Kier alpha value is -1.89. The van der Waals surface area contributed by atoms with Gasteiger partial charge in [0.15, 0.2) is 0 Å². The van der Waals surface area contributed by atoms with Crippen molar-refractivity contribution in [1.82, 2.24) is 20.0 Å². The maximum atomic E-state index is 12.1. The molecule has 20 heavy (non-hydrogen) atoms. The van der Waals surface area contributed by atoms with E-state index in [9.17, 15) is 9.59 Å². The van der Waals surface area contributed by atoms with Gasteiger partial charge in [-0.2, -0.15) is 5.10 Å². The number of hydrogen-bond donors (Lipinski definition) is 2. The van der Waals surface area contributed by atoms with Crippen LogP contribution in [-0.2, 0) is 16.1 Å². The topological polar surface area (TPSA) is 93.3 Å². The van der Waals surface area contributed by atoms with Crippen LogP contribution >= 0.6 is 0 Å². The lowest BCUT2D eigenvalue weighted by Crippen LogP contribution is -2.46. The predicted octanol–water partition coefficient (Wildman–Crippen LogP) is -0.803. The van der Waals surface area contributed by atoms with Gasteiger partial charge in [-0.1, -0.05) is 0 Å². The van der Waals surface area contributed by atoms with E-state index in [2.05, 4.69) is 10.4 Å². The van der Waals surface area contributed by atoms with Gasteiger partial charge in [-0.25, -0.2) is 0 Å². The molecule has 2 heterocycles. The Kier molecular flexibility index (Phi) is 5.11. The van der Waals surface area contributed by atoms with Crippen LogP contribution in [0.3, 0.4) is 0 Å². The summed E-state index contributed by atoms with van der Waals surface area (Å²) in [7, 11) is 0. The van der Waals surface area contributed by atoms with E-state index >= 15 is 0 Å². The second-order valence-corrected chi connectivity index (χ2v) is 5.10. The molecule has 0 aromatic carbocycles. The summed E-state index contributed by atoms with van der Waals surface area (Å²) in [5, 5.41) is 7.00. The van der Waals surface area contributed by atoms with Crippen molar-refractivity contribution in [3.05, 3.63) is 18.5 Å². The molecule has 2 rings (SSSR count). The lowest BCUT2D eigenvalue weighted by molar-refractivity contribution is -0.128. The van der Waals surface area contributed by atoms with E-state index in [1.165, 1.54) is 0 Å². The minimum absolute atomic E-state index is 0.0475. The third-order valence-corrected chi connectivity index (χ3v) is 3.46. The van der Waals surface area contributed by atoms with Gasteiger partial charge in [0, 0.05) is 25.5 Å². The number of primary amides is 1. The first-order valence-corrected chi connectivity index (χ1v) is 6.91. The number of amides is 2. The molecular formula is C13H21N5O2. The Balaban J connectivity index is 1.72. The molecule has 110 valence electrons. The molecule has 1 aromatic rings. The maximum Gasteiger partial charge on any atom is 0.231 e. The number of carbonyl (C=O) groups excluding carboxylic acids is 2. The maximum absolute atomic E-state index is 12.1. The van der Waals surface area contributed by atoms with Crippen molar-refractivity contribution < 1.29 is 9.59 Å². The molecule has 0 radical (unpaired) electrons. The summed E-state index contributed by atoms with van der Waals surface area (Å²) in [6, 6.07) is 1.85. The number of nitrogens with one attached hydrogen (secondary N) is 1. The average Bonchev–Trinajstić information content (AvgIpc) is 2.91. The molecule has 1 unspecified atom stereocenters. The highest BCUT2D eigenvalue weighted by Crippen LogP contribution is 2.16. The smallest absolute Gasteiger partial charge is 0.231 e. The second-order valence-electron chi connectivity index (χ2n) is 5.10. The van der Waals surface area contributed by atoms with Crippen molar-refractivity contribution in [1.29, 1.82) is 0 Å². The quantitative estimate of drug-likeness (QED) is 0.712. The highest BCUT2D eigenvalue weighted by Gasteiger charge is 2.26. The zero-order valence-corrected chi connectivity index (χ0v) is 11.5. The molecule has 1 aliphatic heterocycles. The molecule has 0 saturated carbocycles. The number of piperidine rings is 1. The van der Waals surface area contributed by atoms with E-state index in [1.54, 1.807) is 10.9 Å². The summed E-state index contributed by atoms with van der Waals surface area (Å²) < 4.78 is 1.78. The van der Waals surface area contributed by atoms with Crippen molar-refractivity contribution in [2.24, 2.45) is 11.7 Å². The Morgan fingerprint density at radius 3 is 3.00 bits per heavy atom. The Morgan fingerprint density at radius 2 is 2.30 bits per heavy atom. The summed E-state index contributed by atoms with van der Waals surface area (Å²) in [6.45, 7) is 2.90. The standard InChI is InChI=1S/C13H21N5O2/c14-12(19)10-17-6-1-3-11(9-17)13(20)15-5-8-18-7-2-4-16-18/h2,4,7,11H,1,3,5-6,8-10H2,(H2,14,19)(H,15,20). The van der Waals surface area contributed by atoms with Crippen LogP contribution in [0.1, 0.15) is 12.8 Å². The number of nitrogens with zero attached hydrogens (tertiary/aromatic N) is 3. The normalized spacial score (nSPS) is 19.7. The summed E-state index contributed by atoms with van der Waals surface area (Å²) >= 11 is 0. The third kappa shape index (κ3) is 4.34. The van der Waals surface area contributed by atoms with Gasteiger partial charge in [0.25, 0.3) is 0 Å². The van der Waals surface area contributed by atoms with E-state index in [4.69, 9.17) is 5.73 Å². The number of carbonyl (C=O) groups is 2. The molecule has 0 aliphatic carbocycles. The first kappa shape index (κ1) is 14.5. The summed E-state index contributed by atoms with van der Waals surface area (Å²) in [4.78, 5) is 24.9. The zero-order chi connectivity index (χ0) is 14.4. The molecule has 0 spiro atoms. The fourth-order valence-electron chi connectivity index (χ4n) is 2.50. The van der Waals surface area contributed by atoms with Crippen LogP contribution in [0.4, 0.5) is 0 Å². The van der Waals surface area contributed by atoms with Crippen LogP contribution in [0.5, 0.6) is 0 Å². The van der Waals surface area contributed by atoms with Crippen molar-refractivity contribution in [3.63, 3.8) is 0 Å². The first-order chi connectivity index (χ1) is 9.65. The number of aromatic nitrogens is 2. The summed E-state index contributed by atoms with van der Waals surface area (Å²) in [5.41, 5.74) is 5.19. The van der Waals surface area contributed by atoms with Crippen molar-refractivity contribution in [2.75, 3.05) is 26.2 Å². The number of likely N-dealkylation sites (tertiary alicyclic amines) is 1. The number of hydrogen-bond acceptors (Lipinski definition) is 4. The van der Waals surface area contributed by atoms with E-state index in [0.717, 1.165) is 19.4 Å². The lowest BCUT2D eigenvalue weighted by atomic mass is 9.97. The molecule has 1 atom stereocenters. The van der Waals surface area contributed by atoms with Crippen LogP contribution in [0.15, 0.2) is 18.5 Å². The van der Waals surface area contributed by atoms with Gasteiger partial charge >= 0.3 is 0 Å². The summed E-state index contributed by atoms with van der Waals surface area (Å²) in [6.07, 6.45) is 5.36. The molecule has 3 N–H and O–H groups in total. The average molecular weight is 279 g/mol. The van der Waals surface area contributed by atoms with E-state index in [-0.39, 0.29) is 24.3 Å². The van der Waals surface area contributed by atoms with Gasteiger partial charge in [-0.05, 0) is 25.5 Å². The van der Waals surface area contributed by atoms with Crippen LogP contribution in [0.25, 0.3) is 0 Å². The molecule has 1 saturated heterocycles. The van der Waals surface area contributed by atoms with Crippen LogP contribution in [0, 0.1) is 5.92 Å². The monoisotopic (exact) mass is 279 g/mol. The van der Waals surface area contributed by atoms with Gasteiger partial charge in [0.2, 0.25) is 11.8 Å². The van der Waals surface area contributed by atoms with Gasteiger partial charge in [-0.3, -0.25) is 19.2 Å². The molecular weight excluding hydrogens is 258 g/mol. The van der Waals surface area contributed by atoms with E-state index in [1.807, 2.05) is 17.2 Å². The Morgan fingerprint density at radius 1 is 1.45 bits per heavy atom. The molecule has 0 bridgehead atoms. The predicted molar refractivity (Wildman–Crippen MR) is 73.6 cm³/mol. The molecule has 7 nitrogen and oxygen atoms in total. The molecule has 1 fully saturated rings. The lowest BCUT2D eigenvalue weighted by Gasteiger charge is -2.30. The van der Waals surface area contributed by atoms with E-state index < -0.39 is 0 Å². The minimum Gasteiger partial charge on any atom is -0.369 e. The van der Waals surface area contributed by atoms with Gasteiger partial charge < -0.3 is 11.1 Å². The molecule has 2 amide bonds. The number of rotatable bonds is 6. The van der Waals surface area contributed by atoms with Crippen molar-refractivity contribution in [3.8, 4) is 0 Å². The highest BCUT2D eigenvalue weighted by molar-refractivity contribution is 5.79. The highest BCUT2D eigenvalue weighted by atomic mass is 16.2. The fraction of sp³-hybridized carbons (Fsp3) is 0.615. The Labute approximate surface area is 118 Å². The fourth-order valence-corrected chi connectivity index (χ4v) is 2.50. The largest absolute Gasteiger partial charge is 0.369 e. The second kappa shape index (κ2) is 7.04. The van der Waals surface area contributed by atoms with Crippen molar-refractivity contribution >= 4 is 11.8 Å².